The van der Waals surface area contributed by atoms with E-state index in [-0.39, 0.29) is 12.4 Å². The Morgan fingerprint density at radius 2 is 1.58 bits per heavy atom. The van der Waals surface area contributed by atoms with Gasteiger partial charge < -0.3 is 10.7 Å². The second-order valence-corrected chi connectivity index (χ2v) is 4.43. The van der Waals surface area contributed by atoms with Crippen molar-refractivity contribution in [3.05, 3.63) is 60.2 Å². The van der Waals surface area contributed by atoms with E-state index in [1.807, 2.05) is 6.07 Å². The zero-order valence-corrected chi connectivity index (χ0v) is 11.4. The molecule has 0 spiro atoms. The fraction of sp³-hybridized carbons (Fsp3) is 0.125. The minimum Gasteiger partial charge on any atom is -0.354 e. The Labute approximate surface area is 119 Å². The topological polar surface area (TPSA) is 41.8 Å². The first-order chi connectivity index (χ1) is 8.90. The third-order valence-electron chi connectivity index (χ3n) is 3.27. The predicted molar refractivity (Wildman–Crippen MR) is 83.7 cm³/mol. The van der Waals surface area contributed by atoms with E-state index in [9.17, 15) is 0 Å². The molecule has 2 nitrogen and oxygen atoms in total. The molecule has 2 aromatic carbocycles. The second kappa shape index (κ2) is 5.91. The van der Waals surface area contributed by atoms with Gasteiger partial charge in [-0.3, -0.25) is 0 Å². The Bertz CT molecular complexity index is 659. The summed E-state index contributed by atoms with van der Waals surface area (Å²) >= 11 is 0. The number of halogens is 1. The highest BCUT2D eigenvalue weighted by atomic mass is 35.5. The highest BCUT2D eigenvalue weighted by Crippen LogP contribution is 2.30. The highest BCUT2D eigenvalue weighted by molar-refractivity contribution is 5.90. The lowest BCUT2D eigenvalue weighted by Crippen LogP contribution is -2.03. The Kier molecular flexibility index (Phi) is 4.25. The number of hydrogen-bond donors (Lipinski definition) is 2. The Balaban J connectivity index is 0.00000133. The number of benzene rings is 2. The van der Waals surface area contributed by atoms with Gasteiger partial charge in [0.25, 0.3) is 0 Å². The molecule has 3 rings (SSSR count). The van der Waals surface area contributed by atoms with Crippen LogP contribution in [0.15, 0.2) is 54.6 Å². The van der Waals surface area contributed by atoms with Gasteiger partial charge in [0.1, 0.15) is 0 Å². The zero-order valence-electron chi connectivity index (χ0n) is 10.6. The standard InChI is InChI=1S/C16H16N2.ClH/c17-11-10-14-13-8-4-5-9-15(13)18-16(14)12-6-2-1-3-7-12;/h1-9,18H,10-11,17H2;1H. The summed E-state index contributed by atoms with van der Waals surface area (Å²) < 4.78 is 0. The van der Waals surface area contributed by atoms with Gasteiger partial charge in [-0.25, -0.2) is 0 Å². The fourth-order valence-corrected chi connectivity index (χ4v) is 2.46. The van der Waals surface area contributed by atoms with Crippen molar-refractivity contribution in [2.45, 2.75) is 6.42 Å². The molecule has 0 radical (unpaired) electrons. The minimum atomic E-state index is 0. The molecule has 1 aromatic heterocycles. The van der Waals surface area contributed by atoms with Gasteiger partial charge in [-0.1, -0.05) is 48.5 Å². The number of rotatable bonds is 3. The molecule has 0 atom stereocenters. The van der Waals surface area contributed by atoms with Gasteiger partial charge in [0.15, 0.2) is 0 Å². The van der Waals surface area contributed by atoms with Crippen molar-refractivity contribution < 1.29 is 0 Å². The van der Waals surface area contributed by atoms with Crippen molar-refractivity contribution in [1.82, 2.24) is 4.98 Å². The van der Waals surface area contributed by atoms with Crippen molar-refractivity contribution >= 4 is 23.3 Å². The molecule has 19 heavy (non-hydrogen) atoms. The Morgan fingerprint density at radius 1 is 0.895 bits per heavy atom. The minimum absolute atomic E-state index is 0. The van der Waals surface area contributed by atoms with E-state index in [2.05, 4.69) is 53.5 Å². The molecule has 0 aliphatic rings. The van der Waals surface area contributed by atoms with Crippen molar-refractivity contribution in [3.8, 4) is 11.3 Å². The predicted octanol–water partition coefficient (Wildman–Crippen LogP) is 3.76. The average molecular weight is 273 g/mol. The third-order valence-corrected chi connectivity index (χ3v) is 3.27. The molecule has 0 fully saturated rings. The van der Waals surface area contributed by atoms with E-state index in [1.54, 1.807) is 0 Å². The molecule has 0 aliphatic heterocycles. The van der Waals surface area contributed by atoms with Gasteiger partial charge >= 0.3 is 0 Å². The quantitative estimate of drug-likeness (QED) is 0.749. The number of para-hydroxylation sites is 1. The molecule has 0 unspecified atom stereocenters. The summed E-state index contributed by atoms with van der Waals surface area (Å²) in [6.07, 6.45) is 0.897. The van der Waals surface area contributed by atoms with E-state index >= 15 is 0 Å². The molecule has 98 valence electrons. The molecular weight excluding hydrogens is 256 g/mol. The molecule has 0 saturated carbocycles. The summed E-state index contributed by atoms with van der Waals surface area (Å²) in [6, 6.07) is 18.8. The van der Waals surface area contributed by atoms with Crippen LogP contribution in [0.5, 0.6) is 0 Å². The third kappa shape index (κ3) is 2.50. The molecule has 3 heteroatoms. The largest absolute Gasteiger partial charge is 0.354 e. The maximum absolute atomic E-state index is 5.74. The second-order valence-electron chi connectivity index (χ2n) is 4.43. The molecule has 0 saturated heterocycles. The van der Waals surface area contributed by atoms with Crippen molar-refractivity contribution in [2.24, 2.45) is 5.73 Å². The molecule has 3 aromatic rings. The van der Waals surface area contributed by atoms with E-state index < -0.39 is 0 Å². The van der Waals surface area contributed by atoms with Crippen LogP contribution in [0.4, 0.5) is 0 Å². The molecule has 0 bridgehead atoms. The number of nitrogens with two attached hydrogens (primary N) is 1. The van der Waals surface area contributed by atoms with E-state index in [4.69, 9.17) is 5.73 Å². The lowest BCUT2D eigenvalue weighted by Gasteiger charge is -2.03. The number of hydrogen-bond acceptors (Lipinski definition) is 1. The van der Waals surface area contributed by atoms with Gasteiger partial charge in [0.2, 0.25) is 0 Å². The molecule has 3 N–H and O–H groups in total. The van der Waals surface area contributed by atoms with Crippen LogP contribution in [0.1, 0.15) is 5.56 Å². The van der Waals surface area contributed by atoms with Crippen molar-refractivity contribution in [3.63, 3.8) is 0 Å². The number of nitrogens with one attached hydrogen (secondary N) is 1. The summed E-state index contributed by atoms with van der Waals surface area (Å²) in [6.45, 7) is 0.668. The first kappa shape index (κ1) is 13.7. The van der Waals surface area contributed by atoms with Gasteiger partial charge in [0, 0.05) is 16.6 Å². The Morgan fingerprint density at radius 3 is 2.32 bits per heavy atom. The zero-order chi connectivity index (χ0) is 12.4. The van der Waals surface area contributed by atoms with Crippen LogP contribution in [0.25, 0.3) is 22.2 Å². The maximum atomic E-state index is 5.74. The van der Waals surface area contributed by atoms with Crippen LogP contribution in [0.3, 0.4) is 0 Å². The normalized spacial score (nSPS) is 10.4. The summed E-state index contributed by atoms with van der Waals surface area (Å²) in [5, 5.41) is 1.28. The highest BCUT2D eigenvalue weighted by Gasteiger charge is 2.11. The van der Waals surface area contributed by atoms with Crippen molar-refractivity contribution in [2.75, 3.05) is 6.54 Å². The number of fused-ring (bicyclic) bond motifs is 1. The first-order valence-corrected chi connectivity index (χ1v) is 6.25. The lowest BCUT2D eigenvalue weighted by atomic mass is 10.0. The monoisotopic (exact) mass is 272 g/mol. The number of aromatic amines is 1. The van der Waals surface area contributed by atoms with Crippen LogP contribution < -0.4 is 5.73 Å². The van der Waals surface area contributed by atoms with Crippen LogP contribution in [0.2, 0.25) is 0 Å². The van der Waals surface area contributed by atoms with E-state index in [1.165, 1.54) is 27.7 Å². The molecule has 0 aliphatic carbocycles. The first-order valence-electron chi connectivity index (χ1n) is 6.25. The van der Waals surface area contributed by atoms with Crippen LogP contribution in [-0.2, 0) is 6.42 Å². The van der Waals surface area contributed by atoms with Gasteiger partial charge in [0.05, 0.1) is 0 Å². The van der Waals surface area contributed by atoms with Gasteiger partial charge in [-0.15, -0.1) is 12.4 Å². The molecule has 0 amide bonds. The summed E-state index contributed by atoms with van der Waals surface area (Å²) in [4.78, 5) is 3.51. The maximum Gasteiger partial charge on any atom is 0.0497 e. The summed E-state index contributed by atoms with van der Waals surface area (Å²) in [7, 11) is 0. The summed E-state index contributed by atoms with van der Waals surface area (Å²) in [5.74, 6) is 0. The summed E-state index contributed by atoms with van der Waals surface area (Å²) in [5.41, 5.74) is 10.7. The van der Waals surface area contributed by atoms with Gasteiger partial charge in [-0.05, 0) is 30.2 Å². The average Bonchev–Trinajstić information content (AvgIpc) is 2.80. The van der Waals surface area contributed by atoms with E-state index in [0.29, 0.717) is 6.54 Å². The lowest BCUT2D eigenvalue weighted by molar-refractivity contribution is 0.978. The van der Waals surface area contributed by atoms with Crippen LogP contribution in [-0.4, -0.2) is 11.5 Å². The molecular formula is C16H17ClN2. The van der Waals surface area contributed by atoms with Crippen LogP contribution in [0, 0.1) is 0 Å². The number of aromatic nitrogens is 1. The number of H-pyrrole nitrogens is 1. The van der Waals surface area contributed by atoms with Crippen LogP contribution >= 0.6 is 12.4 Å². The Hall–Kier alpha value is -1.77. The fourth-order valence-electron chi connectivity index (χ4n) is 2.46. The molecule has 1 heterocycles. The van der Waals surface area contributed by atoms with E-state index in [0.717, 1.165) is 6.42 Å². The smallest absolute Gasteiger partial charge is 0.0497 e. The SMILES string of the molecule is Cl.NCCc1c(-c2ccccc2)[nH]c2ccccc12. The van der Waals surface area contributed by atoms with Crippen molar-refractivity contribution in [1.29, 1.82) is 0 Å². The van der Waals surface area contributed by atoms with Gasteiger partial charge in [-0.2, -0.15) is 0 Å².